The van der Waals surface area contributed by atoms with Crippen molar-refractivity contribution in [3.05, 3.63) is 53.6 Å². The minimum atomic E-state index is -5.05. The molecule has 3 rings (SSSR count). The van der Waals surface area contributed by atoms with E-state index in [1.165, 1.54) is 30.3 Å². The molecule has 2 atom stereocenters. The first-order valence-corrected chi connectivity index (χ1v) is 9.75. The van der Waals surface area contributed by atoms with Crippen LogP contribution in [-0.4, -0.2) is 48.6 Å². The van der Waals surface area contributed by atoms with Crippen molar-refractivity contribution in [1.29, 1.82) is 5.26 Å². The quantitative estimate of drug-likeness (QED) is 0.541. The van der Waals surface area contributed by atoms with E-state index in [0.717, 1.165) is 12.1 Å². The number of carbonyl (C=O) groups is 2. The average Bonchev–Trinajstić information content (AvgIpc) is 3.25. The second-order valence-electron chi connectivity index (χ2n) is 7.28. The Bertz CT molecular complexity index is 1140. The van der Waals surface area contributed by atoms with Crippen molar-refractivity contribution in [2.75, 3.05) is 28.7 Å². The molecule has 3 N–H and O–H groups in total. The van der Waals surface area contributed by atoms with Crippen molar-refractivity contribution >= 4 is 28.9 Å². The summed E-state index contributed by atoms with van der Waals surface area (Å²) in [4.78, 5) is 24.2. The van der Waals surface area contributed by atoms with Crippen LogP contribution in [-0.2, 0) is 20.5 Å². The molecule has 0 spiro atoms. The molecule has 0 radical (unpaired) electrons. The minimum Gasteiger partial charge on any atom is -0.387 e. The number of nitrogens with one attached hydrogen (secondary N) is 2. The number of halogens is 6. The number of aliphatic hydroxyl groups is 1. The third kappa shape index (κ3) is 6.00. The van der Waals surface area contributed by atoms with E-state index in [0.29, 0.717) is 11.0 Å². The summed E-state index contributed by atoms with van der Waals surface area (Å²) >= 11 is 0. The van der Waals surface area contributed by atoms with E-state index in [4.69, 9.17) is 15.1 Å². The van der Waals surface area contributed by atoms with E-state index in [1.807, 2.05) is 0 Å². The largest absolute Gasteiger partial charge is 0.433 e. The molecule has 8 nitrogen and oxygen atoms in total. The number of ether oxygens (including phenoxy) is 1. The first kappa shape index (κ1) is 25.8. The summed E-state index contributed by atoms with van der Waals surface area (Å²) in [5.41, 5.74) is -2.29. The first-order chi connectivity index (χ1) is 16.3. The molecular formula is C21H16F6N4O4. The van der Waals surface area contributed by atoms with Gasteiger partial charge in [-0.1, -0.05) is 0 Å². The molecule has 0 aliphatic carbocycles. The van der Waals surface area contributed by atoms with Gasteiger partial charge in [0.1, 0.15) is 6.61 Å². The Balaban J connectivity index is 1.81. The monoisotopic (exact) mass is 502 g/mol. The highest BCUT2D eigenvalue weighted by Gasteiger charge is 2.52. The van der Waals surface area contributed by atoms with Crippen LogP contribution in [0, 0.1) is 11.3 Å². The third-order valence-electron chi connectivity index (χ3n) is 4.85. The van der Waals surface area contributed by atoms with E-state index in [2.05, 4.69) is 10.6 Å². The molecule has 1 fully saturated rings. The van der Waals surface area contributed by atoms with Crippen molar-refractivity contribution in [2.24, 2.45) is 0 Å². The molecule has 186 valence electrons. The average molecular weight is 502 g/mol. The number of hydrogen-bond acceptors (Lipinski definition) is 6. The maximum absolute atomic E-state index is 13.6. The van der Waals surface area contributed by atoms with Crippen molar-refractivity contribution in [3.8, 4) is 6.07 Å². The molecular weight excluding hydrogens is 486 g/mol. The molecule has 1 heterocycles. The van der Waals surface area contributed by atoms with Gasteiger partial charge in [0.15, 0.2) is 6.10 Å². The van der Waals surface area contributed by atoms with Crippen LogP contribution in [0.25, 0.3) is 0 Å². The first-order valence-electron chi connectivity index (χ1n) is 9.75. The Kier molecular flexibility index (Phi) is 7.22. The number of nitriles is 1. The van der Waals surface area contributed by atoms with Gasteiger partial charge in [-0.25, -0.2) is 0 Å². The van der Waals surface area contributed by atoms with Crippen LogP contribution in [0.2, 0.25) is 0 Å². The van der Waals surface area contributed by atoms with Crippen LogP contribution in [0.4, 0.5) is 43.4 Å². The zero-order valence-corrected chi connectivity index (χ0v) is 17.4. The molecule has 0 bridgehead atoms. The summed E-state index contributed by atoms with van der Waals surface area (Å²) < 4.78 is 85.5. The van der Waals surface area contributed by atoms with E-state index in [-0.39, 0.29) is 11.4 Å². The topological polar surface area (TPSA) is 115 Å². The zero-order valence-electron chi connectivity index (χ0n) is 17.4. The van der Waals surface area contributed by atoms with Crippen LogP contribution < -0.4 is 15.5 Å². The van der Waals surface area contributed by atoms with Gasteiger partial charge in [0, 0.05) is 17.1 Å². The number of benzene rings is 2. The molecule has 0 saturated carbocycles. The predicted octanol–water partition coefficient (Wildman–Crippen LogP) is 3.24. The number of aliphatic hydroxyl groups excluding tert-OH is 1. The Morgan fingerprint density at radius 2 is 1.66 bits per heavy atom. The lowest BCUT2D eigenvalue weighted by atomic mass is 10.1. The predicted molar refractivity (Wildman–Crippen MR) is 109 cm³/mol. The number of hydrogen-bond donors (Lipinski definition) is 3. The van der Waals surface area contributed by atoms with E-state index in [1.54, 1.807) is 0 Å². The van der Waals surface area contributed by atoms with Gasteiger partial charge in [0.2, 0.25) is 12.1 Å². The fourth-order valence-corrected chi connectivity index (χ4v) is 3.29. The second kappa shape index (κ2) is 9.80. The lowest BCUT2D eigenvalue weighted by Crippen LogP contribution is -2.42. The van der Waals surface area contributed by atoms with Crippen molar-refractivity contribution < 1.29 is 45.8 Å². The fraction of sp³-hybridized carbons (Fsp3) is 0.286. The van der Waals surface area contributed by atoms with E-state index >= 15 is 0 Å². The smallest absolute Gasteiger partial charge is 0.387 e. The maximum Gasteiger partial charge on any atom is 0.433 e. The number of rotatable bonds is 5. The number of amides is 2. The Labute approximate surface area is 193 Å². The lowest BCUT2D eigenvalue weighted by molar-refractivity contribution is -0.212. The third-order valence-corrected chi connectivity index (χ3v) is 4.85. The summed E-state index contributed by atoms with van der Waals surface area (Å²) in [6.45, 7) is -1.47. The molecule has 2 aromatic carbocycles. The summed E-state index contributed by atoms with van der Waals surface area (Å²) in [6, 6.07) is 8.78. The van der Waals surface area contributed by atoms with Crippen molar-refractivity contribution in [2.45, 2.75) is 24.7 Å². The Morgan fingerprint density at radius 1 is 1.06 bits per heavy atom. The fourth-order valence-electron chi connectivity index (χ4n) is 3.29. The van der Waals surface area contributed by atoms with E-state index < -0.39 is 66.5 Å². The zero-order chi connectivity index (χ0) is 26.0. The summed E-state index contributed by atoms with van der Waals surface area (Å²) in [7, 11) is 0. The number of anilines is 3. The number of carbonyl (C=O) groups excluding carboxylic acids is 2. The van der Waals surface area contributed by atoms with Gasteiger partial charge in [-0.3, -0.25) is 9.59 Å². The molecule has 1 aliphatic rings. The Morgan fingerprint density at radius 3 is 2.17 bits per heavy atom. The van der Waals surface area contributed by atoms with Crippen LogP contribution in [0.3, 0.4) is 0 Å². The maximum atomic E-state index is 13.6. The molecule has 35 heavy (non-hydrogen) atoms. The van der Waals surface area contributed by atoms with Crippen molar-refractivity contribution in [3.63, 3.8) is 0 Å². The SMILES string of the molecule is N#Cc1ccc(N2C[C@@H](C(=O)Nc3ccc(NC(=O)CO)cc3)O[C@@H]2C(F)(F)F)cc1C(F)(F)F. The minimum absolute atomic E-state index is 0.139. The van der Waals surface area contributed by atoms with E-state index in [9.17, 15) is 35.9 Å². The van der Waals surface area contributed by atoms with Gasteiger partial charge in [0.25, 0.3) is 5.91 Å². The van der Waals surface area contributed by atoms with Gasteiger partial charge in [-0.05, 0) is 42.5 Å². The molecule has 2 aromatic rings. The number of alkyl halides is 6. The van der Waals surface area contributed by atoms with Gasteiger partial charge in [-0.2, -0.15) is 31.6 Å². The van der Waals surface area contributed by atoms with Gasteiger partial charge >= 0.3 is 12.4 Å². The molecule has 1 saturated heterocycles. The lowest BCUT2D eigenvalue weighted by Gasteiger charge is -2.27. The summed E-state index contributed by atoms with van der Waals surface area (Å²) in [5.74, 6) is -1.67. The molecule has 0 unspecified atom stereocenters. The van der Waals surface area contributed by atoms with Crippen LogP contribution >= 0.6 is 0 Å². The van der Waals surface area contributed by atoms with Gasteiger partial charge in [0.05, 0.1) is 23.7 Å². The highest BCUT2D eigenvalue weighted by molar-refractivity contribution is 5.96. The van der Waals surface area contributed by atoms with Gasteiger partial charge in [-0.15, -0.1) is 0 Å². The molecule has 0 aromatic heterocycles. The summed E-state index contributed by atoms with van der Waals surface area (Å²) in [5, 5.41) is 22.3. The second-order valence-corrected chi connectivity index (χ2v) is 7.28. The van der Waals surface area contributed by atoms with Crippen LogP contribution in [0.15, 0.2) is 42.5 Å². The molecule has 14 heteroatoms. The normalized spacial score (nSPS) is 18.2. The number of nitrogens with zero attached hydrogens (tertiary/aromatic N) is 2. The highest BCUT2D eigenvalue weighted by Crippen LogP contribution is 2.39. The van der Waals surface area contributed by atoms with Crippen LogP contribution in [0.1, 0.15) is 11.1 Å². The molecule has 2 amide bonds. The molecule has 1 aliphatic heterocycles. The Hall–Kier alpha value is -3.83. The standard InChI is InChI=1S/C21H16F6N4O4/c22-20(23,24)15-7-14(6-1-11(15)8-28)31-9-16(35-19(31)21(25,26)27)18(34)30-13-4-2-12(3-5-13)29-17(33)10-32/h1-7,16,19,32H,9-10H2,(H,29,33)(H,30,34)/t16-,19+/m0/s1. The highest BCUT2D eigenvalue weighted by atomic mass is 19.4. The summed E-state index contributed by atoms with van der Waals surface area (Å²) in [6.07, 6.45) is -14.4. The van der Waals surface area contributed by atoms with Crippen LogP contribution in [0.5, 0.6) is 0 Å². The van der Waals surface area contributed by atoms with Gasteiger partial charge < -0.3 is 25.4 Å². The van der Waals surface area contributed by atoms with Crippen molar-refractivity contribution in [1.82, 2.24) is 0 Å².